The maximum atomic E-state index is 14.3. The normalized spacial score (nSPS) is 16.6. The quantitative estimate of drug-likeness (QED) is 0.504. The summed E-state index contributed by atoms with van der Waals surface area (Å²) in [6, 6.07) is 3.79. The van der Waals surface area contributed by atoms with E-state index >= 15 is 0 Å². The molecule has 2 heterocycles. The van der Waals surface area contributed by atoms with Gasteiger partial charge in [0.05, 0.1) is 17.8 Å². The van der Waals surface area contributed by atoms with Crippen LogP contribution < -0.4 is 5.32 Å². The van der Waals surface area contributed by atoms with Gasteiger partial charge in [0.25, 0.3) is 0 Å². The van der Waals surface area contributed by atoms with Crippen molar-refractivity contribution < 1.29 is 31.3 Å². The second-order valence-corrected chi connectivity index (χ2v) is 7.65. The number of aromatic nitrogens is 1. The van der Waals surface area contributed by atoms with Crippen LogP contribution in [0.15, 0.2) is 34.9 Å². The molecule has 1 N–H and O–H groups in total. The van der Waals surface area contributed by atoms with Gasteiger partial charge in [-0.3, -0.25) is 0 Å². The van der Waals surface area contributed by atoms with E-state index in [0.29, 0.717) is 23.7 Å². The average Bonchev–Trinajstić information content (AvgIpc) is 3.12. The van der Waals surface area contributed by atoms with Crippen molar-refractivity contribution in [3.8, 4) is 11.3 Å². The lowest BCUT2D eigenvalue weighted by Gasteiger charge is -2.32. The largest absolute Gasteiger partial charge is 0.356 e. The molecule has 2 amide bonds. The van der Waals surface area contributed by atoms with Gasteiger partial charge in [0.2, 0.25) is 0 Å². The summed E-state index contributed by atoms with van der Waals surface area (Å²) in [6.07, 6.45) is -1.48. The van der Waals surface area contributed by atoms with E-state index in [-0.39, 0.29) is 29.6 Å². The van der Waals surface area contributed by atoms with Crippen molar-refractivity contribution in [3.05, 3.63) is 70.4 Å². The summed E-state index contributed by atoms with van der Waals surface area (Å²) in [5.41, 5.74) is 0.356. The molecule has 0 radical (unpaired) electrons. The molecule has 4 rings (SSSR count). The highest BCUT2D eigenvalue weighted by Crippen LogP contribution is 2.34. The maximum Gasteiger partial charge on any atom is 0.322 e. The third kappa shape index (κ3) is 3.92. The van der Waals surface area contributed by atoms with Crippen LogP contribution in [0.2, 0.25) is 0 Å². The highest BCUT2D eigenvalue weighted by Gasteiger charge is 2.33. The number of amides is 2. The molecule has 0 saturated carbocycles. The lowest BCUT2D eigenvalue weighted by atomic mass is 9.97. The van der Waals surface area contributed by atoms with Crippen LogP contribution in [-0.2, 0) is 13.0 Å². The molecule has 0 spiro atoms. The molecule has 32 heavy (non-hydrogen) atoms. The van der Waals surface area contributed by atoms with Crippen LogP contribution in [0.4, 0.5) is 32.4 Å². The highest BCUT2D eigenvalue weighted by atomic mass is 19.2. The predicted molar refractivity (Wildman–Crippen MR) is 105 cm³/mol. The lowest BCUT2D eigenvalue weighted by molar-refractivity contribution is 0.182. The zero-order chi connectivity index (χ0) is 23.2. The molecule has 2 atom stereocenters. The van der Waals surface area contributed by atoms with Gasteiger partial charge in [-0.1, -0.05) is 5.16 Å². The SMILES string of the molecule is CC(F)c1cc(NC(=O)N2Cc3c(noc3-c3ccc(F)cc3F)C[C@@H]2C)cc(F)c1F. The number of alkyl halides is 1. The van der Waals surface area contributed by atoms with E-state index in [1.165, 1.54) is 11.0 Å². The number of anilines is 1. The maximum absolute atomic E-state index is 14.3. The minimum absolute atomic E-state index is 0.00255. The first-order valence-corrected chi connectivity index (χ1v) is 9.79. The van der Waals surface area contributed by atoms with Crippen molar-refractivity contribution in [3.63, 3.8) is 0 Å². The van der Waals surface area contributed by atoms with Gasteiger partial charge >= 0.3 is 6.03 Å². The minimum Gasteiger partial charge on any atom is -0.356 e. The van der Waals surface area contributed by atoms with Gasteiger partial charge in [-0.15, -0.1) is 0 Å². The summed E-state index contributed by atoms with van der Waals surface area (Å²) < 4.78 is 74.0. The number of nitrogens with one attached hydrogen (secondary N) is 1. The Morgan fingerprint density at radius 2 is 1.94 bits per heavy atom. The molecule has 168 valence electrons. The number of carbonyl (C=O) groups is 1. The smallest absolute Gasteiger partial charge is 0.322 e. The van der Waals surface area contributed by atoms with Crippen LogP contribution in [0.5, 0.6) is 0 Å². The van der Waals surface area contributed by atoms with Gasteiger partial charge in [0.15, 0.2) is 17.4 Å². The number of fused-ring (bicyclic) bond motifs is 1. The molecule has 3 aromatic rings. The number of carbonyl (C=O) groups excluding carboxylic acids is 1. The summed E-state index contributed by atoms with van der Waals surface area (Å²) >= 11 is 0. The third-order valence-electron chi connectivity index (χ3n) is 5.39. The van der Waals surface area contributed by atoms with Crippen molar-refractivity contribution >= 4 is 11.7 Å². The monoisotopic (exact) mass is 451 g/mol. The Labute approximate surface area is 179 Å². The predicted octanol–water partition coefficient (Wildman–Crippen LogP) is 5.91. The molecule has 1 aromatic heterocycles. The minimum atomic E-state index is -1.78. The molecule has 0 bridgehead atoms. The van der Waals surface area contributed by atoms with Gasteiger partial charge in [0.1, 0.15) is 17.8 Å². The third-order valence-corrected chi connectivity index (χ3v) is 5.39. The van der Waals surface area contributed by atoms with Crippen LogP contribution >= 0.6 is 0 Å². The first-order chi connectivity index (χ1) is 15.2. The fourth-order valence-corrected chi connectivity index (χ4v) is 3.71. The van der Waals surface area contributed by atoms with Gasteiger partial charge < -0.3 is 14.7 Å². The zero-order valence-electron chi connectivity index (χ0n) is 17.1. The number of benzene rings is 2. The van der Waals surface area contributed by atoms with E-state index < -0.39 is 41.0 Å². The Hall–Kier alpha value is -3.43. The molecule has 0 fully saturated rings. The zero-order valence-corrected chi connectivity index (χ0v) is 17.1. The number of urea groups is 1. The van der Waals surface area contributed by atoms with E-state index in [0.717, 1.165) is 25.1 Å². The fraction of sp³-hybridized carbons (Fsp3) is 0.273. The second kappa shape index (κ2) is 8.25. The fourth-order valence-electron chi connectivity index (χ4n) is 3.71. The molecule has 1 unspecified atom stereocenters. The van der Waals surface area contributed by atoms with Crippen LogP contribution in [-0.4, -0.2) is 22.1 Å². The van der Waals surface area contributed by atoms with Crippen LogP contribution in [0.3, 0.4) is 0 Å². The Morgan fingerprint density at radius 3 is 2.62 bits per heavy atom. The Morgan fingerprint density at radius 1 is 1.19 bits per heavy atom. The topological polar surface area (TPSA) is 58.4 Å². The van der Waals surface area contributed by atoms with Crippen molar-refractivity contribution in [2.75, 3.05) is 5.32 Å². The van der Waals surface area contributed by atoms with E-state index in [2.05, 4.69) is 10.5 Å². The molecule has 2 aromatic carbocycles. The van der Waals surface area contributed by atoms with E-state index in [1.54, 1.807) is 6.92 Å². The van der Waals surface area contributed by atoms with Gasteiger partial charge in [0, 0.05) is 41.4 Å². The number of nitrogens with zero attached hydrogens (tertiary/aromatic N) is 2. The summed E-state index contributed by atoms with van der Waals surface area (Å²) in [7, 11) is 0. The summed E-state index contributed by atoms with van der Waals surface area (Å²) in [5.74, 6) is -4.12. The standard InChI is InChI=1S/C22H18F5N3O2/c1-10-5-19-16(21(32-29-19)14-4-3-12(24)6-17(14)25)9-30(10)22(31)28-13-7-15(11(2)23)20(27)18(26)8-13/h3-4,6-8,10-11H,5,9H2,1-2H3,(H,28,31)/t10-,11?/m0/s1. The molecular formula is C22H18F5N3O2. The van der Waals surface area contributed by atoms with Crippen molar-refractivity contribution in [2.24, 2.45) is 0 Å². The Bertz CT molecular complexity index is 1190. The molecule has 0 aliphatic carbocycles. The molecule has 5 nitrogen and oxygen atoms in total. The van der Waals surface area contributed by atoms with Crippen molar-refractivity contribution in [1.82, 2.24) is 10.1 Å². The molecule has 10 heteroatoms. The number of rotatable bonds is 3. The van der Waals surface area contributed by atoms with Crippen LogP contribution in [0.25, 0.3) is 11.3 Å². The van der Waals surface area contributed by atoms with Gasteiger partial charge in [-0.05, 0) is 32.0 Å². The van der Waals surface area contributed by atoms with Crippen molar-refractivity contribution in [1.29, 1.82) is 0 Å². The van der Waals surface area contributed by atoms with E-state index in [1.807, 2.05) is 0 Å². The number of hydrogen-bond acceptors (Lipinski definition) is 3. The summed E-state index contributed by atoms with van der Waals surface area (Å²) in [6.45, 7) is 2.78. The number of hydrogen-bond donors (Lipinski definition) is 1. The lowest BCUT2D eigenvalue weighted by Crippen LogP contribution is -2.44. The van der Waals surface area contributed by atoms with E-state index in [4.69, 9.17) is 4.52 Å². The average molecular weight is 451 g/mol. The van der Waals surface area contributed by atoms with Gasteiger partial charge in [-0.25, -0.2) is 26.7 Å². The van der Waals surface area contributed by atoms with Crippen molar-refractivity contribution in [2.45, 2.75) is 39.0 Å². The first kappa shape index (κ1) is 21.8. The summed E-state index contributed by atoms with van der Waals surface area (Å²) in [4.78, 5) is 14.3. The number of halogens is 5. The Kier molecular flexibility index (Phi) is 5.62. The van der Waals surface area contributed by atoms with E-state index in [9.17, 15) is 26.7 Å². The first-order valence-electron chi connectivity index (χ1n) is 9.79. The Balaban J connectivity index is 1.61. The molecule has 1 aliphatic rings. The molecular weight excluding hydrogens is 433 g/mol. The van der Waals surface area contributed by atoms with Crippen LogP contribution in [0.1, 0.15) is 36.8 Å². The molecule has 1 aliphatic heterocycles. The summed E-state index contributed by atoms with van der Waals surface area (Å²) in [5, 5.41) is 6.40. The second-order valence-electron chi connectivity index (χ2n) is 7.65. The van der Waals surface area contributed by atoms with Crippen LogP contribution in [0, 0.1) is 23.3 Å². The molecule has 0 saturated heterocycles. The highest BCUT2D eigenvalue weighted by molar-refractivity contribution is 5.90. The van der Waals surface area contributed by atoms with Gasteiger partial charge in [-0.2, -0.15) is 0 Å².